The van der Waals surface area contributed by atoms with E-state index in [0.29, 0.717) is 17.6 Å². The molecule has 2 atom stereocenters. The summed E-state index contributed by atoms with van der Waals surface area (Å²) in [5.74, 6) is -9.20. The highest BCUT2D eigenvalue weighted by Gasteiger charge is 2.30. The Labute approximate surface area is 197 Å². The van der Waals surface area contributed by atoms with Gasteiger partial charge in [-0.1, -0.05) is 19.1 Å². The minimum Gasteiger partial charge on any atom is -0.481 e. The molecule has 0 spiro atoms. The molecule has 3 aromatic rings. The quantitative estimate of drug-likeness (QED) is 0.438. The van der Waals surface area contributed by atoms with Gasteiger partial charge in [-0.3, -0.25) is 23.7 Å². The topological polar surface area (TPSA) is 116 Å². The van der Waals surface area contributed by atoms with Crippen molar-refractivity contribution in [2.75, 3.05) is 6.61 Å². The van der Waals surface area contributed by atoms with Crippen LogP contribution in [0.1, 0.15) is 32.2 Å². The third-order valence-corrected chi connectivity index (χ3v) is 5.43. The van der Waals surface area contributed by atoms with Crippen LogP contribution in [0.4, 0.5) is 13.2 Å². The highest BCUT2D eigenvalue weighted by Crippen LogP contribution is 2.24. The number of hydrogen-bond donors (Lipinski definition) is 1. The molecule has 0 saturated heterocycles. The molecule has 11 heteroatoms. The maximum atomic E-state index is 13.8. The van der Waals surface area contributed by atoms with Gasteiger partial charge in [-0.25, -0.2) is 18.2 Å². The Hall–Kier alpha value is -4.02. The summed E-state index contributed by atoms with van der Waals surface area (Å²) in [4.78, 5) is 54.0. The third kappa shape index (κ3) is 5.92. The molecule has 0 amide bonds. The first-order chi connectivity index (χ1) is 16.6. The van der Waals surface area contributed by atoms with Gasteiger partial charge in [0.1, 0.15) is 12.4 Å². The van der Waals surface area contributed by atoms with E-state index < -0.39 is 77.7 Å². The minimum absolute atomic E-state index is 0.162. The molecule has 0 bridgehead atoms. The van der Waals surface area contributed by atoms with E-state index in [2.05, 4.69) is 4.98 Å². The third-order valence-electron chi connectivity index (χ3n) is 5.43. The van der Waals surface area contributed by atoms with E-state index >= 15 is 0 Å². The summed E-state index contributed by atoms with van der Waals surface area (Å²) in [6, 6.07) is 6.25. The zero-order valence-electron chi connectivity index (χ0n) is 18.5. The van der Waals surface area contributed by atoms with E-state index in [1.807, 2.05) is 0 Å². The van der Waals surface area contributed by atoms with Crippen molar-refractivity contribution in [2.45, 2.75) is 32.2 Å². The number of para-hydroxylation sites is 1. The predicted molar refractivity (Wildman–Crippen MR) is 118 cm³/mol. The number of carboxylic acid groups (broad SMARTS) is 1. The lowest BCUT2D eigenvalue weighted by atomic mass is 9.91. The number of carbonyl (C=O) groups excluding carboxylic acids is 2. The number of carboxylic acids is 1. The Balaban J connectivity index is 1.80. The molecule has 1 heterocycles. The van der Waals surface area contributed by atoms with E-state index in [1.165, 1.54) is 6.33 Å². The standard InChI is InChI=1S/C24H21F3N2O6/c1-2-19(29-12-28-18-6-4-3-5-15(18)24(29)34)20(30)7-13(8-22(32)33)21(31)11-35-23-16(26)9-14(25)10-17(23)27/h3-6,9-10,12-13,19H,2,7-8,11H2,1H3,(H,32,33)/t13-,19-/m0/s1. The van der Waals surface area contributed by atoms with Gasteiger partial charge in [-0.2, -0.15) is 0 Å². The fourth-order valence-electron chi connectivity index (χ4n) is 3.70. The molecule has 0 aliphatic heterocycles. The first-order valence-corrected chi connectivity index (χ1v) is 10.6. The van der Waals surface area contributed by atoms with E-state index in [0.717, 1.165) is 4.57 Å². The lowest BCUT2D eigenvalue weighted by Gasteiger charge is -2.20. The number of rotatable bonds is 11. The van der Waals surface area contributed by atoms with Crippen molar-refractivity contribution in [3.05, 3.63) is 70.5 Å². The molecule has 3 rings (SSSR count). The number of hydrogen-bond acceptors (Lipinski definition) is 6. The first kappa shape index (κ1) is 25.6. The lowest BCUT2D eigenvalue weighted by molar-refractivity contribution is -0.142. The normalized spacial score (nSPS) is 12.8. The van der Waals surface area contributed by atoms with E-state index in [4.69, 9.17) is 4.74 Å². The van der Waals surface area contributed by atoms with E-state index in [-0.39, 0.29) is 11.8 Å². The maximum absolute atomic E-state index is 13.8. The van der Waals surface area contributed by atoms with Crippen LogP contribution in [0.25, 0.3) is 10.9 Å². The number of ether oxygens (including phenoxy) is 1. The molecule has 1 aromatic heterocycles. The van der Waals surface area contributed by atoms with Gasteiger partial charge in [-0.05, 0) is 18.6 Å². The number of aromatic nitrogens is 2. The van der Waals surface area contributed by atoms with Crippen molar-refractivity contribution in [3.63, 3.8) is 0 Å². The van der Waals surface area contributed by atoms with Crippen LogP contribution < -0.4 is 10.3 Å². The Morgan fingerprint density at radius 3 is 2.34 bits per heavy atom. The van der Waals surface area contributed by atoms with Gasteiger partial charge >= 0.3 is 5.97 Å². The lowest BCUT2D eigenvalue weighted by Crippen LogP contribution is -2.33. The summed E-state index contributed by atoms with van der Waals surface area (Å²) in [7, 11) is 0. The minimum atomic E-state index is -1.38. The Kier molecular flexibility index (Phi) is 8.00. The highest BCUT2D eigenvalue weighted by molar-refractivity contribution is 5.92. The molecule has 2 aromatic carbocycles. The molecule has 184 valence electrons. The molecule has 0 radical (unpaired) electrons. The van der Waals surface area contributed by atoms with Crippen molar-refractivity contribution < 1.29 is 37.4 Å². The zero-order valence-corrected chi connectivity index (χ0v) is 18.5. The number of benzene rings is 2. The van der Waals surface area contributed by atoms with Crippen molar-refractivity contribution in [2.24, 2.45) is 5.92 Å². The molecule has 35 heavy (non-hydrogen) atoms. The smallest absolute Gasteiger partial charge is 0.304 e. The fraction of sp³-hybridized carbons (Fsp3) is 0.292. The zero-order chi connectivity index (χ0) is 25.7. The number of nitrogens with zero attached hydrogens (tertiary/aromatic N) is 2. The van der Waals surface area contributed by atoms with Crippen molar-refractivity contribution in [1.29, 1.82) is 0 Å². The number of ketones is 2. The summed E-state index contributed by atoms with van der Waals surface area (Å²) < 4.78 is 46.6. The number of aliphatic carboxylic acids is 1. The van der Waals surface area contributed by atoms with Crippen molar-refractivity contribution in [1.82, 2.24) is 9.55 Å². The second-order valence-electron chi connectivity index (χ2n) is 7.82. The highest BCUT2D eigenvalue weighted by atomic mass is 19.1. The summed E-state index contributed by atoms with van der Waals surface area (Å²) in [6.07, 6.45) is 0.0769. The Morgan fingerprint density at radius 1 is 1.06 bits per heavy atom. The second kappa shape index (κ2) is 10.9. The molecule has 0 aliphatic rings. The molecule has 1 N–H and O–H groups in total. The van der Waals surface area contributed by atoms with Crippen LogP contribution in [-0.2, 0) is 14.4 Å². The summed E-state index contributed by atoms with van der Waals surface area (Å²) in [5, 5.41) is 9.48. The van der Waals surface area contributed by atoms with Gasteiger partial charge in [0.2, 0.25) is 0 Å². The average Bonchev–Trinajstić information content (AvgIpc) is 2.79. The van der Waals surface area contributed by atoms with Gasteiger partial charge < -0.3 is 9.84 Å². The number of halogens is 3. The van der Waals surface area contributed by atoms with Gasteiger partial charge in [0.25, 0.3) is 5.56 Å². The molecule has 0 aliphatic carbocycles. The number of carbonyl (C=O) groups is 3. The SMILES string of the molecule is CC[C@@H](C(=O)C[C@@H](CC(=O)O)C(=O)COc1c(F)cc(F)cc1F)n1cnc2ccccc2c1=O. The van der Waals surface area contributed by atoms with Crippen LogP contribution in [0.5, 0.6) is 5.75 Å². The van der Waals surface area contributed by atoms with Crippen LogP contribution in [0, 0.1) is 23.4 Å². The van der Waals surface area contributed by atoms with Gasteiger partial charge in [0.05, 0.1) is 29.7 Å². The molecular weight excluding hydrogens is 469 g/mol. The van der Waals surface area contributed by atoms with Crippen LogP contribution in [0.2, 0.25) is 0 Å². The van der Waals surface area contributed by atoms with Crippen LogP contribution in [0.15, 0.2) is 47.5 Å². The largest absolute Gasteiger partial charge is 0.481 e. The summed E-state index contributed by atoms with van der Waals surface area (Å²) in [5.41, 5.74) is -0.0325. The number of Topliss-reactive ketones (excluding diaryl/α,β-unsaturated/α-hetero) is 2. The van der Waals surface area contributed by atoms with E-state index in [1.54, 1.807) is 31.2 Å². The molecule has 8 nitrogen and oxygen atoms in total. The van der Waals surface area contributed by atoms with Gasteiger partial charge in [0.15, 0.2) is 29.0 Å². The van der Waals surface area contributed by atoms with Crippen molar-refractivity contribution >= 4 is 28.4 Å². The monoisotopic (exact) mass is 490 g/mol. The van der Waals surface area contributed by atoms with Crippen LogP contribution in [-0.4, -0.2) is 38.8 Å². The molecule has 0 fully saturated rings. The number of fused-ring (bicyclic) bond motifs is 1. The Bertz CT molecular complexity index is 1320. The summed E-state index contributed by atoms with van der Waals surface area (Å²) >= 11 is 0. The maximum Gasteiger partial charge on any atom is 0.304 e. The van der Waals surface area contributed by atoms with Crippen LogP contribution >= 0.6 is 0 Å². The predicted octanol–water partition coefficient (Wildman–Crippen LogP) is 3.46. The molecule has 0 saturated carbocycles. The van der Waals surface area contributed by atoms with E-state index in [9.17, 15) is 37.5 Å². The molecular formula is C24H21F3N2O6. The molecule has 0 unspecified atom stereocenters. The van der Waals surface area contributed by atoms with Gasteiger partial charge in [0, 0.05) is 24.5 Å². The van der Waals surface area contributed by atoms with Gasteiger partial charge in [-0.15, -0.1) is 0 Å². The van der Waals surface area contributed by atoms with Crippen molar-refractivity contribution in [3.8, 4) is 5.75 Å². The first-order valence-electron chi connectivity index (χ1n) is 10.6. The fourth-order valence-corrected chi connectivity index (χ4v) is 3.70. The Morgan fingerprint density at radius 2 is 1.71 bits per heavy atom. The van der Waals surface area contributed by atoms with Crippen LogP contribution in [0.3, 0.4) is 0 Å². The average molecular weight is 490 g/mol. The summed E-state index contributed by atoms with van der Waals surface area (Å²) in [6.45, 7) is 0.695. The second-order valence-corrected chi connectivity index (χ2v) is 7.82.